The van der Waals surface area contributed by atoms with Crippen molar-refractivity contribution in [2.45, 2.75) is 18.9 Å². The molecule has 1 N–H and O–H groups in total. The van der Waals surface area contributed by atoms with Gasteiger partial charge in [-0.25, -0.2) is 9.78 Å². The topological polar surface area (TPSA) is 53.4 Å². The molecule has 0 amide bonds. The zero-order valence-electron chi connectivity index (χ0n) is 8.67. The number of fused-ring (bicyclic) bond motifs is 2. The average molecular weight is 236 g/mol. The van der Waals surface area contributed by atoms with Gasteiger partial charge in [0.15, 0.2) is 10.8 Å². The molecular weight excluding hydrogens is 224 g/mol. The molecule has 2 unspecified atom stereocenters. The van der Waals surface area contributed by atoms with E-state index in [2.05, 4.69) is 22.0 Å². The molecule has 3 rings (SSSR count). The molecule has 2 atom stereocenters. The fraction of sp³-hybridized carbons (Fsp3) is 0.455. The summed E-state index contributed by atoms with van der Waals surface area (Å²) < 4.78 is 0. The van der Waals surface area contributed by atoms with Crippen LogP contribution in [0.4, 0.5) is 5.13 Å². The number of carboxylic acid groups (broad SMARTS) is 1. The first-order valence-corrected chi connectivity index (χ1v) is 6.24. The Kier molecular flexibility index (Phi) is 2.21. The Bertz CT molecular complexity index is 455. The van der Waals surface area contributed by atoms with E-state index in [9.17, 15) is 4.79 Å². The van der Waals surface area contributed by atoms with Gasteiger partial charge in [-0.1, -0.05) is 12.2 Å². The van der Waals surface area contributed by atoms with Crippen LogP contribution in [0.1, 0.15) is 23.3 Å². The minimum absolute atomic E-state index is 0.158. The maximum absolute atomic E-state index is 10.8. The predicted molar refractivity (Wildman–Crippen MR) is 62.1 cm³/mol. The first-order chi connectivity index (χ1) is 7.74. The molecule has 2 bridgehead atoms. The maximum atomic E-state index is 10.8. The van der Waals surface area contributed by atoms with Crippen LogP contribution in [0, 0.1) is 5.92 Å². The number of aromatic nitrogens is 1. The van der Waals surface area contributed by atoms with E-state index >= 15 is 0 Å². The van der Waals surface area contributed by atoms with Gasteiger partial charge in [0.05, 0.1) is 0 Å². The van der Waals surface area contributed by atoms with Crippen LogP contribution in [0.2, 0.25) is 0 Å². The van der Waals surface area contributed by atoms with Crippen LogP contribution in [-0.4, -0.2) is 28.6 Å². The number of aromatic carboxylic acids is 1. The summed E-state index contributed by atoms with van der Waals surface area (Å²) in [6.07, 6.45) is 6.76. The van der Waals surface area contributed by atoms with Crippen LogP contribution in [0.25, 0.3) is 0 Å². The molecule has 16 heavy (non-hydrogen) atoms. The summed E-state index contributed by atoms with van der Waals surface area (Å²) in [5.41, 5.74) is 0.158. The minimum atomic E-state index is -0.944. The summed E-state index contributed by atoms with van der Waals surface area (Å²) in [6.45, 7) is 1.00. The Labute approximate surface area is 97.2 Å². The third-order valence-electron chi connectivity index (χ3n) is 3.21. The lowest BCUT2D eigenvalue weighted by Crippen LogP contribution is -2.27. The number of carboxylic acids is 1. The molecule has 1 aliphatic carbocycles. The molecule has 1 aliphatic heterocycles. The number of allylic oxidation sites excluding steroid dienone is 1. The second kappa shape index (κ2) is 3.59. The van der Waals surface area contributed by atoms with Gasteiger partial charge in [0.1, 0.15) is 0 Å². The van der Waals surface area contributed by atoms with Gasteiger partial charge in [-0.05, 0) is 18.8 Å². The molecule has 2 heterocycles. The quantitative estimate of drug-likeness (QED) is 0.798. The van der Waals surface area contributed by atoms with Crippen LogP contribution in [0.15, 0.2) is 17.5 Å². The summed E-state index contributed by atoms with van der Waals surface area (Å²) in [5.74, 6) is -0.229. The Balaban J connectivity index is 1.87. The number of nitrogens with zero attached hydrogens (tertiary/aromatic N) is 2. The van der Waals surface area contributed by atoms with Crippen molar-refractivity contribution in [3.05, 3.63) is 23.2 Å². The highest BCUT2D eigenvalue weighted by Crippen LogP contribution is 2.36. The van der Waals surface area contributed by atoms with Crippen molar-refractivity contribution in [3.63, 3.8) is 0 Å². The second-order valence-electron chi connectivity index (χ2n) is 4.31. The molecule has 5 heteroatoms. The van der Waals surface area contributed by atoms with Crippen LogP contribution in [-0.2, 0) is 0 Å². The van der Waals surface area contributed by atoms with Crippen molar-refractivity contribution >= 4 is 22.4 Å². The maximum Gasteiger partial charge on any atom is 0.355 e. The Hall–Kier alpha value is -1.36. The van der Waals surface area contributed by atoms with Gasteiger partial charge in [-0.15, -0.1) is 11.3 Å². The molecular formula is C11H12N2O2S. The normalized spacial score (nSPS) is 27.4. The van der Waals surface area contributed by atoms with Crippen molar-refractivity contribution in [3.8, 4) is 0 Å². The first kappa shape index (κ1) is 9.84. The van der Waals surface area contributed by atoms with Crippen molar-refractivity contribution in [2.75, 3.05) is 11.4 Å². The summed E-state index contributed by atoms with van der Waals surface area (Å²) in [5, 5.41) is 11.3. The molecule has 2 aliphatic rings. The molecule has 84 valence electrons. The standard InChI is InChI=1S/C11H12N2O2S/c14-10(15)9-6-16-11(12-9)13-5-7-2-1-3-8(13)4-7/h1,3,6-8H,2,4-5H2,(H,14,15). The molecule has 1 fully saturated rings. The number of hydrogen-bond acceptors (Lipinski definition) is 4. The number of carbonyl (C=O) groups is 1. The number of thiazole rings is 1. The fourth-order valence-corrected chi connectivity index (χ4v) is 3.32. The lowest BCUT2D eigenvalue weighted by atomic mass is 9.97. The van der Waals surface area contributed by atoms with Gasteiger partial charge < -0.3 is 10.0 Å². The molecule has 0 radical (unpaired) electrons. The van der Waals surface area contributed by atoms with Crippen LogP contribution in [0.5, 0.6) is 0 Å². The lowest BCUT2D eigenvalue weighted by Gasteiger charge is -2.20. The van der Waals surface area contributed by atoms with E-state index in [1.54, 1.807) is 5.38 Å². The molecule has 0 spiro atoms. The number of anilines is 1. The molecule has 1 aromatic heterocycles. The first-order valence-electron chi connectivity index (χ1n) is 5.36. The van der Waals surface area contributed by atoms with Crippen LogP contribution in [0.3, 0.4) is 0 Å². The highest BCUT2D eigenvalue weighted by atomic mass is 32.1. The van der Waals surface area contributed by atoms with Crippen LogP contribution >= 0.6 is 11.3 Å². The number of rotatable bonds is 2. The van der Waals surface area contributed by atoms with E-state index in [-0.39, 0.29) is 5.69 Å². The third-order valence-corrected chi connectivity index (χ3v) is 4.09. The molecule has 0 saturated carbocycles. The highest BCUT2D eigenvalue weighted by Gasteiger charge is 2.34. The monoisotopic (exact) mass is 236 g/mol. The third kappa shape index (κ3) is 1.51. The van der Waals surface area contributed by atoms with Gasteiger partial charge in [0.25, 0.3) is 0 Å². The summed E-state index contributed by atoms with van der Waals surface area (Å²) in [4.78, 5) is 17.2. The number of hydrogen-bond donors (Lipinski definition) is 1. The molecule has 1 saturated heterocycles. The molecule has 0 aromatic carbocycles. The zero-order valence-corrected chi connectivity index (χ0v) is 9.48. The van der Waals surface area contributed by atoms with E-state index in [0.717, 1.165) is 18.1 Å². The average Bonchev–Trinajstić information content (AvgIpc) is 2.84. The van der Waals surface area contributed by atoms with Crippen molar-refractivity contribution in [1.82, 2.24) is 4.98 Å². The minimum Gasteiger partial charge on any atom is -0.476 e. The summed E-state index contributed by atoms with van der Waals surface area (Å²) in [6, 6.07) is 0.423. The van der Waals surface area contributed by atoms with Gasteiger partial charge in [0.2, 0.25) is 0 Å². The van der Waals surface area contributed by atoms with E-state index in [1.165, 1.54) is 17.8 Å². The summed E-state index contributed by atoms with van der Waals surface area (Å²) >= 11 is 1.42. The SMILES string of the molecule is O=C(O)c1csc(N2CC3CC=CC2C3)n1. The van der Waals surface area contributed by atoms with Crippen molar-refractivity contribution in [2.24, 2.45) is 5.92 Å². The summed E-state index contributed by atoms with van der Waals surface area (Å²) in [7, 11) is 0. The van der Waals surface area contributed by atoms with Gasteiger partial charge in [0, 0.05) is 18.0 Å². The van der Waals surface area contributed by atoms with E-state index < -0.39 is 5.97 Å². The fourth-order valence-electron chi connectivity index (χ4n) is 2.45. The molecule has 1 aromatic rings. The zero-order chi connectivity index (χ0) is 11.1. The molecule has 4 nitrogen and oxygen atoms in total. The lowest BCUT2D eigenvalue weighted by molar-refractivity contribution is 0.0691. The second-order valence-corrected chi connectivity index (χ2v) is 5.14. The van der Waals surface area contributed by atoms with E-state index in [0.29, 0.717) is 12.0 Å². The highest BCUT2D eigenvalue weighted by molar-refractivity contribution is 7.13. The van der Waals surface area contributed by atoms with Gasteiger partial charge in [-0.3, -0.25) is 0 Å². The van der Waals surface area contributed by atoms with E-state index in [4.69, 9.17) is 5.11 Å². The Morgan fingerprint density at radius 2 is 2.50 bits per heavy atom. The van der Waals surface area contributed by atoms with Crippen molar-refractivity contribution < 1.29 is 9.90 Å². The van der Waals surface area contributed by atoms with Crippen molar-refractivity contribution in [1.29, 1.82) is 0 Å². The van der Waals surface area contributed by atoms with Gasteiger partial charge in [-0.2, -0.15) is 0 Å². The smallest absolute Gasteiger partial charge is 0.355 e. The van der Waals surface area contributed by atoms with Crippen LogP contribution < -0.4 is 4.90 Å². The Morgan fingerprint density at radius 1 is 1.62 bits per heavy atom. The van der Waals surface area contributed by atoms with Gasteiger partial charge >= 0.3 is 5.97 Å². The largest absolute Gasteiger partial charge is 0.476 e. The predicted octanol–water partition coefficient (Wildman–Crippen LogP) is 2.00. The van der Waals surface area contributed by atoms with E-state index in [1.807, 2.05) is 0 Å². The Morgan fingerprint density at radius 3 is 3.19 bits per heavy atom.